The van der Waals surface area contributed by atoms with Crippen LogP contribution >= 0.6 is 0 Å². The molecule has 18 heavy (non-hydrogen) atoms. The molecule has 1 heterocycles. The highest BCUT2D eigenvalue weighted by Gasteiger charge is 2.40. The van der Waals surface area contributed by atoms with E-state index in [-0.39, 0.29) is 18.8 Å². The van der Waals surface area contributed by atoms with E-state index in [1.807, 2.05) is 44.2 Å². The summed E-state index contributed by atoms with van der Waals surface area (Å²) in [6.45, 7) is 4.59. The van der Waals surface area contributed by atoms with Crippen LogP contribution in [0.2, 0.25) is 0 Å². The van der Waals surface area contributed by atoms with Crippen molar-refractivity contribution in [2.45, 2.75) is 38.4 Å². The van der Waals surface area contributed by atoms with Gasteiger partial charge in [-0.25, -0.2) is 0 Å². The van der Waals surface area contributed by atoms with Crippen molar-refractivity contribution in [3.05, 3.63) is 35.9 Å². The number of aliphatic hydroxyl groups excluding tert-OH is 1. The molecule has 1 aliphatic heterocycles. The van der Waals surface area contributed by atoms with Crippen LogP contribution in [0, 0.1) is 0 Å². The average molecular weight is 252 g/mol. The third kappa shape index (κ3) is 3.53. The summed E-state index contributed by atoms with van der Waals surface area (Å²) in [7, 11) is 0. The first-order valence-electron chi connectivity index (χ1n) is 6.19. The fraction of sp³-hybridized carbons (Fsp3) is 0.571. The number of benzene rings is 1. The first kappa shape index (κ1) is 13.5. The zero-order chi connectivity index (χ0) is 13.0. The van der Waals surface area contributed by atoms with Crippen LogP contribution in [0.5, 0.6) is 0 Å². The van der Waals surface area contributed by atoms with E-state index in [9.17, 15) is 5.11 Å². The molecule has 1 fully saturated rings. The molecule has 1 N–H and O–H groups in total. The molecule has 0 aromatic heterocycles. The molecule has 2 rings (SSSR count). The fourth-order valence-electron chi connectivity index (χ4n) is 2.07. The Kier molecular flexibility index (Phi) is 4.35. The second-order valence-electron chi connectivity index (χ2n) is 4.90. The first-order chi connectivity index (χ1) is 8.61. The van der Waals surface area contributed by atoms with Crippen molar-refractivity contribution < 1.29 is 19.3 Å². The quantitative estimate of drug-likeness (QED) is 0.866. The van der Waals surface area contributed by atoms with Crippen molar-refractivity contribution in [3.8, 4) is 0 Å². The molecule has 4 heteroatoms. The molecule has 0 aliphatic carbocycles. The molecule has 1 unspecified atom stereocenters. The van der Waals surface area contributed by atoms with E-state index in [0.29, 0.717) is 13.2 Å². The summed E-state index contributed by atoms with van der Waals surface area (Å²) in [6, 6.07) is 9.96. The predicted molar refractivity (Wildman–Crippen MR) is 67.0 cm³/mol. The van der Waals surface area contributed by atoms with Gasteiger partial charge in [0.15, 0.2) is 5.79 Å². The summed E-state index contributed by atoms with van der Waals surface area (Å²) in [5.41, 5.74) is 1.12. The number of ether oxygens (including phenoxy) is 3. The molecule has 0 bridgehead atoms. The minimum absolute atomic E-state index is 0.0528. The summed E-state index contributed by atoms with van der Waals surface area (Å²) in [5.74, 6) is -0.645. The van der Waals surface area contributed by atoms with Crippen LogP contribution < -0.4 is 0 Å². The standard InChI is InChI=1S/C14H20O4/c1-14(2)17-12(8-15)13(18-14)10-16-9-11-6-4-3-5-7-11/h3-7,12-13,15H,8-10H2,1-2H3/t12-,13?/m1/s1. The van der Waals surface area contributed by atoms with E-state index in [1.165, 1.54) is 0 Å². The molecule has 4 nitrogen and oxygen atoms in total. The maximum Gasteiger partial charge on any atom is 0.163 e. The van der Waals surface area contributed by atoms with Gasteiger partial charge >= 0.3 is 0 Å². The molecule has 0 amide bonds. The fourth-order valence-corrected chi connectivity index (χ4v) is 2.07. The third-order valence-electron chi connectivity index (χ3n) is 2.86. The molecule has 1 saturated heterocycles. The Morgan fingerprint density at radius 2 is 1.83 bits per heavy atom. The summed E-state index contributed by atoms with van der Waals surface area (Å²) >= 11 is 0. The smallest absolute Gasteiger partial charge is 0.163 e. The van der Waals surface area contributed by atoms with Crippen LogP contribution in [0.1, 0.15) is 19.4 Å². The lowest BCUT2D eigenvalue weighted by Gasteiger charge is -2.16. The number of hydrogen-bond donors (Lipinski definition) is 1. The minimum Gasteiger partial charge on any atom is -0.394 e. The van der Waals surface area contributed by atoms with E-state index < -0.39 is 5.79 Å². The van der Waals surface area contributed by atoms with Gasteiger partial charge < -0.3 is 19.3 Å². The molecular weight excluding hydrogens is 232 g/mol. The van der Waals surface area contributed by atoms with Gasteiger partial charge in [0.05, 0.1) is 19.8 Å². The second-order valence-corrected chi connectivity index (χ2v) is 4.90. The maximum absolute atomic E-state index is 9.22. The molecule has 0 radical (unpaired) electrons. The Balaban J connectivity index is 1.80. The Hall–Kier alpha value is -0.940. The lowest BCUT2D eigenvalue weighted by molar-refractivity contribution is -0.153. The zero-order valence-corrected chi connectivity index (χ0v) is 10.8. The monoisotopic (exact) mass is 252 g/mol. The molecule has 100 valence electrons. The molecule has 2 atom stereocenters. The molecule has 0 spiro atoms. The highest BCUT2D eigenvalue weighted by atomic mass is 16.8. The van der Waals surface area contributed by atoms with Gasteiger partial charge in [-0.2, -0.15) is 0 Å². The van der Waals surface area contributed by atoms with Crippen molar-refractivity contribution in [2.24, 2.45) is 0 Å². The van der Waals surface area contributed by atoms with Gasteiger partial charge in [-0.05, 0) is 19.4 Å². The van der Waals surface area contributed by atoms with Crippen LogP contribution in [0.25, 0.3) is 0 Å². The molecule has 0 saturated carbocycles. The van der Waals surface area contributed by atoms with Gasteiger partial charge in [-0.15, -0.1) is 0 Å². The van der Waals surface area contributed by atoms with Crippen LogP contribution in [-0.2, 0) is 20.8 Å². The van der Waals surface area contributed by atoms with E-state index >= 15 is 0 Å². The SMILES string of the molecule is CC1(C)OC(COCc2ccccc2)[C@@H](CO)O1. The Morgan fingerprint density at radius 3 is 2.50 bits per heavy atom. The predicted octanol–water partition coefficient (Wildman–Crippen LogP) is 1.72. The topological polar surface area (TPSA) is 47.9 Å². The van der Waals surface area contributed by atoms with Gasteiger partial charge in [0.1, 0.15) is 12.2 Å². The molecule has 1 aliphatic rings. The van der Waals surface area contributed by atoms with Gasteiger partial charge in [0.2, 0.25) is 0 Å². The van der Waals surface area contributed by atoms with Gasteiger partial charge in [0.25, 0.3) is 0 Å². The van der Waals surface area contributed by atoms with Crippen LogP contribution in [0.15, 0.2) is 30.3 Å². The van der Waals surface area contributed by atoms with E-state index in [0.717, 1.165) is 5.56 Å². The van der Waals surface area contributed by atoms with Crippen LogP contribution in [0.4, 0.5) is 0 Å². The van der Waals surface area contributed by atoms with Gasteiger partial charge in [-0.1, -0.05) is 30.3 Å². The Bertz CT molecular complexity index is 363. The highest BCUT2D eigenvalue weighted by molar-refractivity contribution is 5.13. The summed E-state index contributed by atoms with van der Waals surface area (Å²) in [4.78, 5) is 0. The van der Waals surface area contributed by atoms with Gasteiger partial charge in [0, 0.05) is 0 Å². The van der Waals surface area contributed by atoms with Crippen molar-refractivity contribution in [1.82, 2.24) is 0 Å². The average Bonchev–Trinajstić information content (AvgIpc) is 2.65. The Morgan fingerprint density at radius 1 is 1.17 bits per heavy atom. The van der Waals surface area contributed by atoms with Crippen LogP contribution in [0.3, 0.4) is 0 Å². The number of aliphatic hydroxyl groups is 1. The first-order valence-corrected chi connectivity index (χ1v) is 6.19. The maximum atomic E-state index is 9.22. The lowest BCUT2D eigenvalue weighted by Crippen LogP contribution is -2.30. The largest absolute Gasteiger partial charge is 0.394 e. The van der Waals surface area contributed by atoms with Crippen molar-refractivity contribution in [1.29, 1.82) is 0 Å². The van der Waals surface area contributed by atoms with Gasteiger partial charge in [-0.3, -0.25) is 0 Å². The number of hydrogen-bond acceptors (Lipinski definition) is 4. The summed E-state index contributed by atoms with van der Waals surface area (Å²) in [6.07, 6.45) is -0.524. The molecular formula is C14H20O4. The normalized spacial score (nSPS) is 26.4. The number of rotatable bonds is 5. The minimum atomic E-state index is -0.645. The molecule has 1 aromatic carbocycles. The van der Waals surface area contributed by atoms with E-state index in [2.05, 4.69) is 0 Å². The highest BCUT2D eigenvalue weighted by Crippen LogP contribution is 2.28. The van der Waals surface area contributed by atoms with Crippen molar-refractivity contribution >= 4 is 0 Å². The third-order valence-corrected chi connectivity index (χ3v) is 2.86. The summed E-state index contributed by atoms with van der Waals surface area (Å²) in [5, 5.41) is 9.22. The van der Waals surface area contributed by atoms with Crippen molar-refractivity contribution in [2.75, 3.05) is 13.2 Å². The van der Waals surface area contributed by atoms with E-state index in [1.54, 1.807) is 0 Å². The Labute approximate surface area is 107 Å². The van der Waals surface area contributed by atoms with Crippen LogP contribution in [-0.4, -0.2) is 36.3 Å². The second kappa shape index (κ2) is 5.80. The summed E-state index contributed by atoms with van der Waals surface area (Å²) < 4.78 is 16.9. The van der Waals surface area contributed by atoms with E-state index in [4.69, 9.17) is 14.2 Å². The molecule has 1 aromatic rings. The lowest BCUT2D eigenvalue weighted by atomic mass is 10.2. The van der Waals surface area contributed by atoms with Crippen molar-refractivity contribution in [3.63, 3.8) is 0 Å². The zero-order valence-electron chi connectivity index (χ0n) is 10.8.